The Hall–Kier alpha value is -1.51. The van der Waals surface area contributed by atoms with Crippen LogP contribution in [0.5, 0.6) is 0 Å². The highest BCUT2D eigenvalue weighted by Crippen LogP contribution is 2.46. The van der Waals surface area contributed by atoms with Gasteiger partial charge in [0.05, 0.1) is 12.1 Å². The van der Waals surface area contributed by atoms with E-state index >= 15 is 0 Å². The van der Waals surface area contributed by atoms with Crippen molar-refractivity contribution in [2.75, 3.05) is 13.1 Å². The Morgan fingerprint density at radius 2 is 2.21 bits per heavy atom. The summed E-state index contributed by atoms with van der Waals surface area (Å²) in [5, 5.41) is 0. The fourth-order valence-corrected chi connectivity index (χ4v) is 3.69. The predicted molar refractivity (Wildman–Crippen MR) is 79.3 cm³/mol. The van der Waals surface area contributed by atoms with E-state index in [-0.39, 0.29) is 5.54 Å². The molecular formula is C16H23N3. The summed E-state index contributed by atoms with van der Waals surface area (Å²) in [6, 6.07) is 8.86. The van der Waals surface area contributed by atoms with Gasteiger partial charge >= 0.3 is 0 Å². The lowest BCUT2D eigenvalue weighted by molar-refractivity contribution is 0.166. The number of fused-ring (bicyclic) bond motifs is 2. The molecule has 0 saturated heterocycles. The molecule has 0 fully saturated rings. The van der Waals surface area contributed by atoms with Crippen molar-refractivity contribution in [2.45, 2.75) is 44.6 Å². The minimum Gasteiger partial charge on any atom is -0.370 e. The van der Waals surface area contributed by atoms with Crippen molar-refractivity contribution in [1.82, 2.24) is 4.90 Å². The first-order chi connectivity index (χ1) is 9.19. The number of nitrogens with two attached hydrogens (primary N) is 1. The molecule has 0 bridgehead atoms. The van der Waals surface area contributed by atoms with Gasteiger partial charge in [0.25, 0.3) is 0 Å². The molecule has 3 rings (SSSR count). The minimum atomic E-state index is 0.0309. The molecule has 19 heavy (non-hydrogen) atoms. The standard InChI is InChI=1S/C16H23N3/c1-3-10-19-15(17)18-11-16(19)9-8-12(2)13-6-4-5-7-14(13)16/h4-7,12H,3,8-11H2,1-2H3,(H2,17,18). The third-order valence-corrected chi connectivity index (χ3v) is 4.73. The first-order valence-electron chi connectivity index (χ1n) is 7.36. The molecule has 0 radical (unpaired) electrons. The van der Waals surface area contributed by atoms with Crippen molar-refractivity contribution < 1.29 is 0 Å². The monoisotopic (exact) mass is 257 g/mol. The lowest BCUT2D eigenvalue weighted by Crippen LogP contribution is -2.51. The highest BCUT2D eigenvalue weighted by atomic mass is 15.4. The molecule has 3 nitrogen and oxygen atoms in total. The maximum atomic E-state index is 6.14. The fourth-order valence-electron chi connectivity index (χ4n) is 3.69. The molecule has 0 saturated carbocycles. The van der Waals surface area contributed by atoms with E-state index in [1.807, 2.05) is 0 Å². The zero-order valence-corrected chi connectivity index (χ0v) is 11.9. The van der Waals surface area contributed by atoms with E-state index in [2.05, 4.69) is 48.0 Å². The van der Waals surface area contributed by atoms with Crippen LogP contribution in [0.4, 0.5) is 0 Å². The van der Waals surface area contributed by atoms with Crippen LogP contribution in [0.3, 0.4) is 0 Å². The quantitative estimate of drug-likeness (QED) is 0.885. The molecule has 102 valence electrons. The molecule has 3 heteroatoms. The molecule has 1 spiro atoms. The van der Waals surface area contributed by atoms with Gasteiger partial charge in [-0.25, -0.2) is 0 Å². The number of nitrogens with zero attached hydrogens (tertiary/aromatic N) is 2. The number of hydrogen-bond acceptors (Lipinski definition) is 3. The maximum absolute atomic E-state index is 6.14. The summed E-state index contributed by atoms with van der Waals surface area (Å²) in [6.07, 6.45) is 3.49. The summed E-state index contributed by atoms with van der Waals surface area (Å²) in [6.45, 7) is 6.35. The van der Waals surface area contributed by atoms with Crippen LogP contribution in [0.2, 0.25) is 0 Å². The summed E-state index contributed by atoms with van der Waals surface area (Å²) in [4.78, 5) is 6.90. The lowest BCUT2D eigenvalue weighted by Gasteiger charge is -2.45. The summed E-state index contributed by atoms with van der Waals surface area (Å²) < 4.78 is 0. The molecule has 1 heterocycles. The Balaban J connectivity index is 2.08. The van der Waals surface area contributed by atoms with Gasteiger partial charge in [-0.15, -0.1) is 0 Å². The first kappa shape index (κ1) is 12.5. The number of guanidine groups is 1. The van der Waals surface area contributed by atoms with Gasteiger partial charge in [-0.2, -0.15) is 0 Å². The molecule has 2 atom stereocenters. The van der Waals surface area contributed by atoms with E-state index in [1.54, 1.807) is 0 Å². The average molecular weight is 257 g/mol. The van der Waals surface area contributed by atoms with Crippen molar-refractivity contribution >= 4 is 5.96 Å². The summed E-state index contributed by atoms with van der Waals surface area (Å²) in [7, 11) is 0. The van der Waals surface area contributed by atoms with E-state index in [4.69, 9.17) is 5.73 Å². The van der Waals surface area contributed by atoms with Gasteiger partial charge in [-0.1, -0.05) is 38.1 Å². The minimum absolute atomic E-state index is 0.0309. The number of benzene rings is 1. The summed E-state index contributed by atoms with van der Waals surface area (Å²) in [5.41, 5.74) is 9.11. The first-order valence-corrected chi connectivity index (χ1v) is 7.36. The van der Waals surface area contributed by atoms with E-state index in [1.165, 1.54) is 17.5 Å². The second-order valence-electron chi connectivity index (χ2n) is 5.88. The molecule has 1 aromatic carbocycles. The largest absolute Gasteiger partial charge is 0.370 e. The Kier molecular flexibility index (Phi) is 3.00. The number of hydrogen-bond donors (Lipinski definition) is 1. The highest BCUT2D eigenvalue weighted by Gasteiger charge is 2.46. The molecule has 0 amide bonds. The van der Waals surface area contributed by atoms with Crippen LogP contribution in [0.25, 0.3) is 0 Å². The number of aliphatic imine (C=N–C) groups is 1. The van der Waals surface area contributed by atoms with Crippen LogP contribution in [-0.4, -0.2) is 23.9 Å². The van der Waals surface area contributed by atoms with Gasteiger partial charge in [-0.3, -0.25) is 4.99 Å². The van der Waals surface area contributed by atoms with Gasteiger partial charge in [0.1, 0.15) is 0 Å². The zero-order valence-electron chi connectivity index (χ0n) is 11.9. The van der Waals surface area contributed by atoms with Crippen molar-refractivity contribution in [2.24, 2.45) is 10.7 Å². The lowest BCUT2D eigenvalue weighted by atomic mass is 9.72. The summed E-state index contributed by atoms with van der Waals surface area (Å²) in [5.74, 6) is 1.37. The van der Waals surface area contributed by atoms with Crippen LogP contribution in [0.15, 0.2) is 29.3 Å². The Morgan fingerprint density at radius 1 is 1.42 bits per heavy atom. The number of rotatable bonds is 2. The Bertz CT molecular complexity index is 508. The summed E-state index contributed by atoms with van der Waals surface area (Å²) >= 11 is 0. The molecular weight excluding hydrogens is 234 g/mol. The molecule has 2 aliphatic rings. The Morgan fingerprint density at radius 3 is 3.00 bits per heavy atom. The van der Waals surface area contributed by atoms with Crippen LogP contribution >= 0.6 is 0 Å². The normalized spacial score (nSPS) is 29.5. The second-order valence-corrected chi connectivity index (χ2v) is 5.88. The fraction of sp³-hybridized carbons (Fsp3) is 0.562. The molecule has 0 aromatic heterocycles. The topological polar surface area (TPSA) is 41.6 Å². The molecule has 1 aromatic rings. The molecule has 2 unspecified atom stereocenters. The van der Waals surface area contributed by atoms with E-state index in [9.17, 15) is 0 Å². The van der Waals surface area contributed by atoms with Crippen molar-refractivity contribution in [3.63, 3.8) is 0 Å². The van der Waals surface area contributed by atoms with Gasteiger partial charge in [0.2, 0.25) is 0 Å². The van der Waals surface area contributed by atoms with Crippen LogP contribution in [0.1, 0.15) is 50.2 Å². The van der Waals surface area contributed by atoms with Crippen LogP contribution in [0, 0.1) is 0 Å². The van der Waals surface area contributed by atoms with E-state index < -0.39 is 0 Å². The highest BCUT2D eigenvalue weighted by molar-refractivity contribution is 5.81. The third-order valence-electron chi connectivity index (χ3n) is 4.73. The smallest absolute Gasteiger partial charge is 0.192 e. The van der Waals surface area contributed by atoms with Crippen molar-refractivity contribution in [3.8, 4) is 0 Å². The maximum Gasteiger partial charge on any atom is 0.192 e. The Labute approximate surface area is 115 Å². The molecule has 1 aliphatic carbocycles. The van der Waals surface area contributed by atoms with Crippen molar-refractivity contribution in [1.29, 1.82) is 0 Å². The molecule has 1 aliphatic heterocycles. The van der Waals surface area contributed by atoms with Crippen LogP contribution < -0.4 is 5.73 Å². The van der Waals surface area contributed by atoms with E-state index in [0.29, 0.717) is 5.92 Å². The van der Waals surface area contributed by atoms with Gasteiger partial charge in [-0.05, 0) is 36.3 Å². The SMILES string of the molecule is CCCN1C(N)=NCC12CCC(C)c1ccccc12. The third kappa shape index (κ3) is 1.75. The van der Waals surface area contributed by atoms with Gasteiger partial charge < -0.3 is 10.6 Å². The second kappa shape index (κ2) is 4.55. The van der Waals surface area contributed by atoms with Crippen molar-refractivity contribution in [3.05, 3.63) is 35.4 Å². The zero-order chi connectivity index (χ0) is 13.5. The average Bonchev–Trinajstić information content (AvgIpc) is 2.74. The molecule has 2 N–H and O–H groups in total. The van der Waals surface area contributed by atoms with E-state index in [0.717, 1.165) is 31.9 Å². The van der Waals surface area contributed by atoms with Gasteiger partial charge in [0.15, 0.2) is 5.96 Å². The van der Waals surface area contributed by atoms with Crippen LogP contribution in [-0.2, 0) is 5.54 Å². The predicted octanol–water partition coefficient (Wildman–Crippen LogP) is 2.82. The van der Waals surface area contributed by atoms with Gasteiger partial charge in [0, 0.05) is 6.54 Å².